The van der Waals surface area contributed by atoms with Gasteiger partial charge in [0.2, 0.25) is 0 Å². The molecule has 0 spiro atoms. The largest absolute Gasteiger partial charge is 0.267 e. The molecular weight excluding hydrogens is 124 g/mol. The molecule has 10 heavy (non-hydrogen) atoms. The number of nitrogens with zero attached hydrogens (tertiary/aromatic N) is 2. The van der Waals surface area contributed by atoms with Crippen LogP contribution in [0, 0.1) is 6.57 Å². The molecule has 1 heterocycles. The van der Waals surface area contributed by atoms with E-state index in [1.807, 2.05) is 12.1 Å². The van der Waals surface area contributed by atoms with Crippen molar-refractivity contribution in [1.29, 1.82) is 0 Å². The van der Waals surface area contributed by atoms with Crippen molar-refractivity contribution in [3.63, 3.8) is 0 Å². The Morgan fingerprint density at radius 2 is 2.10 bits per heavy atom. The molecule has 0 amide bonds. The summed E-state index contributed by atoms with van der Waals surface area (Å²) in [7, 11) is 0. The minimum absolute atomic E-state index is 0.685. The first-order chi connectivity index (χ1) is 4.93. The molecule has 2 heteroatoms. The Kier molecular flexibility index (Phi) is 2.45. The van der Waals surface area contributed by atoms with Crippen LogP contribution in [-0.2, 0) is 6.42 Å². The van der Waals surface area contributed by atoms with Gasteiger partial charge in [0.15, 0.2) is 0 Å². The zero-order valence-electron chi connectivity index (χ0n) is 5.70. The maximum Gasteiger partial charge on any atom is 0.267 e. The molecule has 0 radical (unpaired) electrons. The molecular formula is C8H9N2+. The Balaban J connectivity index is 2.52. The van der Waals surface area contributed by atoms with Crippen molar-refractivity contribution in [2.24, 2.45) is 0 Å². The van der Waals surface area contributed by atoms with Gasteiger partial charge in [0, 0.05) is 18.8 Å². The molecule has 0 aromatic carbocycles. The van der Waals surface area contributed by atoms with E-state index in [-0.39, 0.29) is 0 Å². The molecule has 0 bridgehead atoms. The smallest absolute Gasteiger partial charge is 0.265 e. The Bertz CT molecular complexity index is 223. The van der Waals surface area contributed by atoms with Crippen LogP contribution < -0.4 is 0 Å². The monoisotopic (exact) mass is 133 g/mol. The molecule has 0 atom stereocenters. The second-order valence-electron chi connectivity index (χ2n) is 2.01. The molecule has 0 unspecified atom stereocenters. The first kappa shape index (κ1) is 6.76. The van der Waals surface area contributed by atoms with Crippen LogP contribution in [0.3, 0.4) is 0 Å². The van der Waals surface area contributed by atoms with Gasteiger partial charge in [-0.3, -0.25) is 4.98 Å². The van der Waals surface area contributed by atoms with Crippen molar-refractivity contribution in [3.8, 4) is 6.57 Å². The van der Waals surface area contributed by atoms with E-state index in [1.54, 1.807) is 12.4 Å². The number of hydrogen-bond donors (Lipinski definition) is 0. The second-order valence-corrected chi connectivity index (χ2v) is 2.01. The molecule has 50 valence electrons. The van der Waals surface area contributed by atoms with E-state index >= 15 is 0 Å². The third-order valence-corrected chi connectivity index (χ3v) is 1.28. The highest BCUT2D eigenvalue weighted by molar-refractivity contribution is 5.10. The van der Waals surface area contributed by atoms with Crippen molar-refractivity contribution in [1.82, 2.24) is 4.98 Å². The lowest BCUT2D eigenvalue weighted by molar-refractivity contribution is 1.07. The summed E-state index contributed by atoms with van der Waals surface area (Å²) in [6.07, 6.45) is 4.44. The van der Waals surface area contributed by atoms with Gasteiger partial charge in [0.05, 0.1) is 0 Å². The van der Waals surface area contributed by atoms with Crippen LogP contribution >= 0.6 is 0 Å². The SMILES string of the molecule is C#[N+]CCc1ccncc1. The molecule has 0 aliphatic rings. The lowest BCUT2D eigenvalue weighted by atomic mass is 10.2. The summed E-state index contributed by atoms with van der Waals surface area (Å²) in [6.45, 7) is 5.67. The standard InChI is InChI=1S/C8H9N2/c1-9-5-2-8-3-6-10-7-4-8/h1,3-4,6-7H,2,5H2/q+1. The quantitative estimate of drug-likeness (QED) is 0.598. The van der Waals surface area contributed by atoms with Gasteiger partial charge in [-0.2, -0.15) is 0 Å². The highest BCUT2D eigenvalue weighted by Gasteiger charge is 1.93. The summed E-state index contributed by atoms with van der Waals surface area (Å²) in [5, 5.41) is 0. The normalized spacial score (nSPS) is 8.70. The Morgan fingerprint density at radius 1 is 1.40 bits per heavy atom. The van der Waals surface area contributed by atoms with Crippen LogP contribution in [0.4, 0.5) is 0 Å². The van der Waals surface area contributed by atoms with Gasteiger partial charge in [0.25, 0.3) is 13.1 Å². The van der Waals surface area contributed by atoms with Gasteiger partial charge in [0.1, 0.15) is 0 Å². The zero-order chi connectivity index (χ0) is 7.23. The minimum atomic E-state index is 0.685. The van der Waals surface area contributed by atoms with E-state index in [0.29, 0.717) is 6.54 Å². The third kappa shape index (κ3) is 1.87. The highest BCUT2D eigenvalue weighted by atomic mass is 14.6. The topological polar surface area (TPSA) is 17.2 Å². The summed E-state index contributed by atoms with van der Waals surface area (Å²) in [5.41, 5.74) is 1.23. The fraction of sp³-hybridized carbons (Fsp3) is 0.250. The maximum atomic E-state index is 4.99. The minimum Gasteiger partial charge on any atom is -0.265 e. The summed E-state index contributed by atoms with van der Waals surface area (Å²) < 4.78 is 0. The van der Waals surface area contributed by atoms with Gasteiger partial charge in [-0.25, -0.2) is 0 Å². The Labute approximate surface area is 60.3 Å². The number of hydrogen-bond acceptors (Lipinski definition) is 1. The summed E-state index contributed by atoms with van der Waals surface area (Å²) in [6, 6.07) is 3.93. The molecule has 0 aliphatic heterocycles. The summed E-state index contributed by atoms with van der Waals surface area (Å²) in [5.74, 6) is 0. The Hall–Kier alpha value is -1.36. The third-order valence-electron chi connectivity index (χ3n) is 1.28. The second kappa shape index (κ2) is 3.62. The lowest BCUT2D eigenvalue weighted by Gasteiger charge is -1.89. The molecule has 0 fully saturated rings. The van der Waals surface area contributed by atoms with E-state index in [4.69, 9.17) is 6.57 Å². The molecule has 1 aromatic rings. The van der Waals surface area contributed by atoms with Crippen LogP contribution in [0.15, 0.2) is 24.5 Å². The fourth-order valence-electron chi connectivity index (χ4n) is 0.743. The van der Waals surface area contributed by atoms with Gasteiger partial charge in [-0.05, 0) is 17.7 Å². The van der Waals surface area contributed by atoms with Crippen molar-refractivity contribution >= 4 is 0 Å². The lowest BCUT2D eigenvalue weighted by Crippen LogP contribution is -1.86. The summed E-state index contributed by atoms with van der Waals surface area (Å²) >= 11 is 0. The Morgan fingerprint density at radius 3 is 2.70 bits per heavy atom. The van der Waals surface area contributed by atoms with Crippen molar-refractivity contribution in [2.45, 2.75) is 6.42 Å². The van der Waals surface area contributed by atoms with Gasteiger partial charge < -0.3 is 0 Å². The van der Waals surface area contributed by atoms with Crippen molar-refractivity contribution in [3.05, 3.63) is 34.9 Å². The predicted octanol–water partition coefficient (Wildman–Crippen LogP) is 1.59. The highest BCUT2D eigenvalue weighted by Crippen LogP contribution is 1.96. The van der Waals surface area contributed by atoms with E-state index in [1.165, 1.54) is 5.56 Å². The van der Waals surface area contributed by atoms with Crippen molar-refractivity contribution < 1.29 is 0 Å². The average Bonchev–Trinajstić information content (AvgIpc) is 2.03. The first-order valence-electron chi connectivity index (χ1n) is 3.19. The molecule has 0 saturated heterocycles. The maximum absolute atomic E-state index is 4.99. The predicted molar refractivity (Wildman–Crippen MR) is 41.1 cm³/mol. The molecule has 0 aliphatic carbocycles. The van der Waals surface area contributed by atoms with E-state index in [0.717, 1.165) is 6.42 Å². The van der Waals surface area contributed by atoms with E-state index < -0.39 is 0 Å². The summed E-state index contributed by atoms with van der Waals surface area (Å²) in [4.78, 5) is 7.40. The number of pyridine rings is 1. The van der Waals surface area contributed by atoms with Crippen LogP contribution in [0.5, 0.6) is 0 Å². The van der Waals surface area contributed by atoms with Crippen LogP contribution in [0.2, 0.25) is 0 Å². The molecule has 2 nitrogen and oxygen atoms in total. The molecule has 1 rings (SSSR count). The number of rotatable bonds is 2. The van der Waals surface area contributed by atoms with Gasteiger partial charge >= 0.3 is 0 Å². The number of aromatic nitrogens is 1. The van der Waals surface area contributed by atoms with Gasteiger partial charge in [-0.1, -0.05) is 4.85 Å². The van der Waals surface area contributed by atoms with Gasteiger partial charge in [-0.15, -0.1) is 0 Å². The van der Waals surface area contributed by atoms with Crippen LogP contribution in [0.1, 0.15) is 5.56 Å². The molecule has 0 N–H and O–H groups in total. The van der Waals surface area contributed by atoms with E-state index in [9.17, 15) is 0 Å². The first-order valence-corrected chi connectivity index (χ1v) is 3.19. The average molecular weight is 133 g/mol. The van der Waals surface area contributed by atoms with Crippen LogP contribution in [0.25, 0.3) is 4.85 Å². The van der Waals surface area contributed by atoms with Crippen molar-refractivity contribution in [2.75, 3.05) is 6.54 Å². The molecule has 0 saturated carbocycles. The fourth-order valence-corrected chi connectivity index (χ4v) is 0.743. The molecule has 1 aromatic heterocycles. The van der Waals surface area contributed by atoms with Crippen LogP contribution in [-0.4, -0.2) is 11.5 Å². The zero-order valence-corrected chi connectivity index (χ0v) is 5.70. The van der Waals surface area contributed by atoms with E-state index in [2.05, 4.69) is 9.83 Å².